The molecule has 1 aromatic carbocycles. The number of anilines is 2. The van der Waals surface area contributed by atoms with Gasteiger partial charge in [0.1, 0.15) is 12.1 Å². The lowest BCUT2D eigenvalue weighted by Gasteiger charge is -2.18. The van der Waals surface area contributed by atoms with E-state index in [-0.39, 0.29) is 11.4 Å². The quantitative estimate of drug-likeness (QED) is 0.370. The highest BCUT2D eigenvalue weighted by molar-refractivity contribution is 5.93. The summed E-state index contributed by atoms with van der Waals surface area (Å²) in [5, 5.41) is 18.7. The minimum Gasteiger partial charge on any atom is -0.348 e. The largest absolute Gasteiger partial charge is 0.348 e. The highest BCUT2D eigenvalue weighted by Crippen LogP contribution is 2.24. The summed E-state index contributed by atoms with van der Waals surface area (Å²) in [6.45, 7) is 11.3. The van der Waals surface area contributed by atoms with Crippen molar-refractivity contribution in [2.24, 2.45) is 0 Å². The van der Waals surface area contributed by atoms with E-state index in [1.807, 2.05) is 50.6 Å². The Morgan fingerprint density at radius 1 is 1.14 bits per heavy atom. The minimum absolute atomic E-state index is 0.141. The van der Waals surface area contributed by atoms with E-state index in [1.54, 1.807) is 23.4 Å². The second kappa shape index (κ2) is 10.1. The zero-order valence-electron chi connectivity index (χ0n) is 21.7. The molecule has 4 aromatic rings. The van der Waals surface area contributed by atoms with Crippen LogP contribution < -0.4 is 16.0 Å². The summed E-state index contributed by atoms with van der Waals surface area (Å²) in [5.74, 6) is 1.33. The molecule has 0 spiro atoms. The number of hydrogen-bond donors (Lipinski definition) is 3. The molecule has 1 aliphatic heterocycles. The summed E-state index contributed by atoms with van der Waals surface area (Å²) in [4.78, 5) is 21.5. The van der Waals surface area contributed by atoms with Crippen LogP contribution in [0.1, 0.15) is 54.4 Å². The van der Waals surface area contributed by atoms with Crippen molar-refractivity contribution in [2.75, 3.05) is 11.9 Å². The van der Waals surface area contributed by atoms with Crippen molar-refractivity contribution in [3.63, 3.8) is 0 Å². The number of nitrogens with one attached hydrogen (secondary N) is 3. The number of benzene rings is 1. The predicted octanol–water partition coefficient (Wildman–Crippen LogP) is 3.77. The Labute approximate surface area is 216 Å². The molecule has 1 aliphatic rings. The van der Waals surface area contributed by atoms with Crippen molar-refractivity contribution in [1.82, 2.24) is 40.2 Å². The summed E-state index contributed by atoms with van der Waals surface area (Å²) in [6, 6.07) is 10.1. The van der Waals surface area contributed by atoms with Crippen molar-refractivity contribution in [3.05, 3.63) is 71.4 Å². The molecular weight excluding hydrogens is 466 g/mol. The van der Waals surface area contributed by atoms with Crippen LogP contribution in [-0.4, -0.2) is 42.0 Å². The molecule has 3 aromatic heterocycles. The summed E-state index contributed by atoms with van der Waals surface area (Å²) >= 11 is 0. The average Bonchev–Trinajstić information content (AvgIpc) is 3.46. The molecule has 0 aliphatic carbocycles. The van der Waals surface area contributed by atoms with Gasteiger partial charge in [-0.1, -0.05) is 12.1 Å². The van der Waals surface area contributed by atoms with Crippen molar-refractivity contribution in [1.29, 1.82) is 0 Å². The minimum atomic E-state index is -0.170. The molecule has 4 heterocycles. The number of rotatable bonds is 6. The summed E-state index contributed by atoms with van der Waals surface area (Å²) in [6.07, 6.45) is 6.01. The average molecular weight is 500 g/mol. The van der Waals surface area contributed by atoms with Crippen LogP contribution in [0.3, 0.4) is 0 Å². The van der Waals surface area contributed by atoms with Gasteiger partial charge in [0.2, 0.25) is 0 Å². The first-order chi connectivity index (χ1) is 17.8. The topological polar surface area (TPSA) is 115 Å². The fourth-order valence-corrected chi connectivity index (χ4v) is 4.28. The lowest BCUT2D eigenvalue weighted by Crippen LogP contribution is -2.24. The lowest BCUT2D eigenvalue weighted by molar-refractivity contribution is 0.0950. The SMILES string of the molecule is Cc1cc(-c2cc(Nc3cc4n(n3)CCCNC4)ncn2)ccc1CNC(=O)c1cnn(C(C)(C)C)c1. The normalized spacial score (nSPS) is 13.6. The summed E-state index contributed by atoms with van der Waals surface area (Å²) in [5.41, 5.74) is 5.45. The van der Waals surface area contributed by atoms with Gasteiger partial charge in [-0.2, -0.15) is 10.2 Å². The van der Waals surface area contributed by atoms with Gasteiger partial charge in [0.25, 0.3) is 5.91 Å². The van der Waals surface area contributed by atoms with Crippen LogP contribution >= 0.6 is 0 Å². The third kappa shape index (κ3) is 5.69. The Bertz CT molecular complexity index is 1390. The Kier molecular flexibility index (Phi) is 6.75. The number of nitrogens with zero attached hydrogens (tertiary/aromatic N) is 6. The van der Waals surface area contributed by atoms with Gasteiger partial charge >= 0.3 is 0 Å². The van der Waals surface area contributed by atoms with E-state index in [0.717, 1.165) is 60.0 Å². The first-order valence-corrected chi connectivity index (χ1v) is 12.6. The van der Waals surface area contributed by atoms with Gasteiger partial charge in [0, 0.05) is 43.5 Å². The summed E-state index contributed by atoms with van der Waals surface area (Å²) < 4.78 is 3.84. The Morgan fingerprint density at radius 3 is 2.78 bits per heavy atom. The lowest BCUT2D eigenvalue weighted by atomic mass is 10.0. The standard InChI is InChI=1S/C27H33N9O/c1-18-10-19(6-7-20(18)13-29-26(37)21-14-32-36(16-21)27(2,3)4)23-12-24(31-17-30-23)33-25-11-22-15-28-8-5-9-35(22)34-25/h6-7,10-12,14,16-17,28H,5,8-9,13,15H2,1-4H3,(H,29,37)(H,30,31,33,34). The fourth-order valence-electron chi connectivity index (χ4n) is 4.28. The first-order valence-electron chi connectivity index (χ1n) is 12.6. The molecule has 0 saturated heterocycles. The molecule has 10 nitrogen and oxygen atoms in total. The van der Waals surface area contributed by atoms with Gasteiger partial charge in [-0.3, -0.25) is 14.2 Å². The Hall–Kier alpha value is -4.05. The number of carbonyl (C=O) groups excluding carboxylic acids is 1. The van der Waals surface area contributed by atoms with E-state index in [0.29, 0.717) is 17.9 Å². The maximum absolute atomic E-state index is 12.6. The van der Waals surface area contributed by atoms with E-state index in [1.165, 1.54) is 0 Å². The fraction of sp³-hybridized carbons (Fsp3) is 0.370. The van der Waals surface area contributed by atoms with Crippen molar-refractivity contribution < 1.29 is 4.79 Å². The van der Waals surface area contributed by atoms with Crippen LogP contribution in [-0.2, 0) is 25.2 Å². The van der Waals surface area contributed by atoms with Crippen LogP contribution in [0.4, 0.5) is 11.6 Å². The van der Waals surface area contributed by atoms with E-state index in [2.05, 4.69) is 48.2 Å². The molecule has 37 heavy (non-hydrogen) atoms. The number of amides is 1. The van der Waals surface area contributed by atoms with E-state index >= 15 is 0 Å². The van der Waals surface area contributed by atoms with Gasteiger partial charge in [-0.25, -0.2) is 9.97 Å². The molecule has 0 radical (unpaired) electrons. The number of fused-ring (bicyclic) bond motifs is 1. The molecule has 192 valence electrons. The Morgan fingerprint density at radius 2 is 2.00 bits per heavy atom. The first kappa shape index (κ1) is 24.6. The molecule has 0 fully saturated rings. The van der Waals surface area contributed by atoms with Crippen molar-refractivity contribution in [3.8, 4) is 11.3 Å². The molecule has 0 unspecified atom stereocenters. The molecule has 1 amide bonds. The maximum Gasteiger partial charge on any atom is 0.254 e. The molecule has 0 atom stereocenters. The van der Waals surface area contributed by atoms with Crippen molar-refractivity contribution in [2.45, 2.75) is 59.3 Å². The third-order valence-electron chi connectivity index (χ3n) is 6.43. The van der Waals surface area contributed by atoms with Gasteiger partial charge in [-0.15, -0.1) is 0 Å². The molecular formula is C27H33N9O. The second-order valence-electron chi connectivity index (χ2n) is 10.4. The predicted molar refractivity (Wildman–Crippen MR) is 142 cm³/mol. The van der Waals surface area contributed by atoms with Gasteiger partial charge < -0.3 is 16.0 Å². The molecule has 3 N–H and O–H groups in total. The second-order valence-corrected chi connectivity index (χ2v) is 10.4. The van der Waals surface area contributed by atoms with Gasteiger partial charge in [-0.05, 0) is 57.9 Å². The number of hydrogen-bond acceptors (Lipinski definition) is 7. The van der Waals surface area contributed by atoms with Crippen LogP contribution in [0.5, 0.6) is 0 Å². The molecule has 0 bridgehead atoms. The number of aryl methyl sites for hydroxylation is 2. The zero-order valence-corrected chi connectivity index (χ0v) is 21.7. The molecule has 10 heteroatoms. The van der Waals surface area contributed by atoms with Crippen LogP contribution in [0.2, 0.25) is 0 Å². The van der Waals surface area contributed by atoms with Gasteiger partial charge in [0.15, 0.2) is 5.82 Å². The van der Waals surface area contributed by atoms with Gasteiger partial charge in [0.05, 0.1) is 28.7 Å². The zero-order chi connectivity index (χ0) is 26.0. The van der Waals surface area contributed by atoms with E-state index in [9.17, 15) is 4.79 Å². The summed E-state index contributed by atoms with van der Waals surface area (Å²) in [7, 11) is 0. The number of aromatic nitrogens is 6. The van der Waals surface area contributed by atoms with Crippen LogP contribution in [0.15, 0.2) is 49.1 Å². The molecule has 0 saturated carbocycles. The highest BCUT2D eigenvalue weighted by atomic mass is 16.1. The van der Waals surface area contributed by atoms with E-state index in [4.69, 9.17) is 0 Å². The van der Waals surface area contributed by atoms with Crippen molar-refractivity contribution >= 4 is 17.5 Å². The number of carbonyl (C=O) groups is 1. The van der Waals surface area contributed by atoms with E-state index < -0.39 is 0 Å². The maximum atomic E-state index is 12.6. The smallest absolute Gasteiger partial charge is 0.254 e. The third-order valence-corrected chi connectivity index (χ3v) is 6.43. The monoisotopic (exact) mass is 499 g/mol. The van der Waals surface area contributed by atoms with Crippen LogP contribution in [0, 0.1) is 6.92 Å². The Balaban J connectivity index is 1.25. The molecule has 5 rings (SSSR count). The highest BCUT2D eigenvalue weighted by Gasteiger charge is 2.17. The van der Waals surface area contributed by atoms with Crippen LogP contribution in [0.25, 0.3) is 11.3 Å².